The van der Waals surface area contributed by atoms with Crippen LogP contribution in [-0.2, 0) is 33.9 Å². The quantitative estimate of drug-likeness (QED) is 0.268. The summed E-state index contributed by atoms with van der Waals surface area (Å²) >= 11 is 12.3. The van der Waals surface area contributed by atoms with Crippen molar-refractivity contribution in [1.82, 2.24) is 9.88 Å². The Bertz CT molecular complexity index is 1440. The Labute approximate surface area is 237 Å². The number of esters is 1. The first-order valence-electron chi connectivity index (χ1n) is 11.8. The molecule has 0 bridgehead atoms. The number of nitrogens with one attached hydrogen (secondary N) is 1. The number of carbonyl (C=O) groups is 2. The van der Waals surface area contributed by atoms with Crippen LogP contribution in [0, 0.1) is 6.92 Å². The monoisotopic (exact) mass is 600 g/mol. The summed E-state index contributed by atoms with van der Waals surface area (Å²) in [7, 11) is 1.05. The molecule has 3 rings (SSSR count). The Morgan fingerprint density at radius 3 is 2.25 bits per heavy atom. The maximum Gasteiger partial charge on any atom is 0.431 e. The highest BCUT2D eigenvalue weighted by Crippen LogP contribution is 2.31. The summed E-state index contributed by atoms with van der Waals surface area (Å²) in [5, 5.41) is 13.4. The van der Waals surface area contributed by atoms with Crippen LogP contribution < -0.4 is 10.9 Å². The Morgan fingerprint density at radius 1 is 1.10 bits per heavy atom. The summed E-state index contributed by atoms with van der Waals surface area (Å²) in [6.45, 7) is 1.99. The van der Waals surface area contributed by atoms with Gasteiger partial charge in [-0.2, -0.15) is 13.2 Å². The smallest absolute Gasteiger partial charge is 0.431 e. The van der Waals surface area contributed by atoms with E-state index in [1.165, 1.54) is 19.1 Å². The summed E-state index contributed by atoms with van der Waals surface area (Å²) < 4.78 is 50.2. The molecule has 214 valence electrons. The first kappa shape index (κ1) is 31.2. The average Bonchev–Trinajstić information content (AvgIpc) is 2.85. The number of nitrogens with zero attached hydrogens (tertiary/aromatic N) is 1. The number of ether oxygens (including phenoxy) is 2. The fraction of sp³-hybridized carbons (Fsp3) is 0.296. The number of hydrogen-bond donors (Lipinski definition) is 2. The van der Waals surface area contributed by atoms with E-state index in [9.17, 15) is 32.7 Å². The van der Waals surface area contributed by atoms with Crippen molar-refractivity contribution in [2.75, 3.05) is 6.79 Å². The van der Waals surface area contributed by atoms with E-state index in [0.29, 0.717) is 15.7 Å². The number of alkyl halides is 3. The zero-order chi connectivity index (χ0) is 29.8. The molecule has 2 N–H and O–H groups in total. The van der Waals surface area contributed by atoms with Crippen molar-refractivity contribution in [3.05, 3.63) is 91.3 Å². The highest BCUT2D eigenvalue weighted by molar-refractivity contribution is 6.39. The van der Waals surface area contributed by atoms with E-state index in [1.54, 1.807) is 30.3 Å². The lowest BCUT2D eigenvalue weighted by atomic mass is 9.98. The summed E-state index contributed by atoms with van der Waals surface area (Å²) in [5.74, 6) is -1.34. The van der Waals surface area contributed by atoms with Crippen molar-refractivity contribution in [3.8, 4) is 11.1 Å². The van der Waals surface area contributed by atoms with Crippen molar-refractivity contribution in [1.29, 1.82) is 0 Å². The average molecular weight is 601 g/mol. The molecule has 13 heteroatoms. The van der Waals surface area contributed by atoms with Crippen LogP contribution in [0.4, 0.5) is 13.2 Å². The van der Waals surface area contributed by atoms with Crippen LogP contribution in [0.25, 0.3) is 11.1 Å². The highest BCUT2D eigenvalue weighted by atomic mass is 35.5. The van der Waals surface area contributed by atoms with E-state index < -0.39 is 48.4 Å². The molecule has 0 fully saturated rings. The van der Waals surface area contributed by atoms with Crippen molar-refractivity contribution in [3.63, 3.8) is 0 Å². The van der Waals surface area contributed by atoms with Gasteiger partial charge in [0.1, 0.15) is 5.69 Å². The first-order valence-corrected chi connectivity index (χ1v) is 12.5. The lowest BCUT2D eigenvalue weighted by Gasteiger charge is -2.25. The van der Waals surface area contributed by atoms with Crippen LogP contribution in [0.3, 0.4) is 0 Å². The highest BCUT2D eigenvalue weighted by Gasteiger charge is 2.34. The molecule has 8 nitrogen and oxygen atoms in total. The van der Waals surface area contributed by atoms with E-state index in [1.807, 2.05) is 0 Å². The summed E-state index contributed by atoms with van der Waals surface area (Å²) in [4.78, 5) is 36.8. The van der Waals surface area contributed by atoms with E-state index >= 15 is 0 Å². The van der Waals surface area contributed by atoms with Crippen LogP contribution in [0.15, 0.2) is 53.3 Å². The number of carbonyl (C=O) groups excluding carboxylic acids is 2. The number of hydrogen-bond acceptors (Lipinski definition) is 6. The molecule has 0 saturated carbocycles. The third-order valence-corrected chi connectivity index (χ3v) is 6.60. The van der Waals surface area contributed by atoms with Gasteiger partial charge in [0.2, 0.25) is 0 Å². The van der Waals surface area contributed by atoms with Crippen molar-refractivity contribution < 1.29 is 37.3 Å². The van der Waals surface area contributed by atoms with Crippen LogP contribution in [0.5, 0.6) is 0 Å². The second-order valence-corrected chi connectivity index (χ2v) is 9.65. The van der Waals surface area contributed by atoms with E-state index in [2.05, 4.69) is 10.1 Å². The van der Waals surface area contributed by atoms with Gasteiger partial charge in [0.25, 0.3) is 11.5 Å². The number of aliphatic hydroxyl groups is 1. The van der Waals surface area contributed by atoms with Gasteiger partial charge < -0.3 is 24.5 Å². The molecule has 2 unspecified atom stereocenters. The van der Waals surface area contributed by atoms with Gasteiger partial charge >= 0.3 is 12.1 Å². The number of aryl methyl sites for hydroxylation is 1. The molecule has 0 radical (unpaired) electrons. The molecule has 1 heterocycles. The van der Waals surface area contributed by atoms with Gasteiger partial charge in [0.05, 0.1) is 27.2 Å². The first-order chi connectivity index (χ1) is 18.7. The van der Waals surface area contributed by atoms with Gasteiger partial charge in [-0.05, 0) is 48.2 Å². The SMILES string of the molecule is CC(=O)OCOC(O)C(Cc1ccc(-c2c(C)cc(C(F)(F)F)n(C)c2=O)cc1)NC(=O)c1c(Cl)cccc1Cl. The van der Waals surface area contributed by atoms with Crippen molar-refractivity contribution >= 4 is 35.1 Å². The Kier molecular flexibility index (Phi) is 10.0. The maximum absolute atomic E-state index is 13.3. The van der Waals surface area contributed by atoms with Crippen molar-refractivity contribution in [2.45, 2.75) is 38.8 Å². The maximum atomic E-state index is 13.3. The fourth-order valence-corrected chi connectivity index (χ4v) is 4.55. The standard InChI is InChI=1S/C27H25Cl2F3N2O6/c1-14-11-21(27(30,31)32)34(3)25(37)22(14)17-9-7-16(8-10-17)12-20(26(38)40-13-39-15(2)35)33-24(36)23-18(28)5-4-6-19(23)29/h4-11,20,26,38H,12-13H2,1-3H3,(H,33,36). The second kappa shape index (κ2) is 12.9. The van der Waals surface area contributed by atoms with Gasteiger partial charge in [-0.15, -0.1) is 0 Å². The molecule has 0 aliphatic carbocycles. The molecule has 3 aromatic rings. The Morgan fingerprint density at radius 2 is 1.70 bits per heavy atom. The molecule has 0 aliphatic heterocycles. The third kappa shape index (κ3) is 7.42. The molecular weight excluding hydrogens is 576 g/mol. The molecule has 1 aromatic heterocycles. The van der Waals surface area contributed by atoms with E-state index in [4.69, 9.17) is 27.9 Å². The fourth-order valence-electron chi connectivity index (χ4n) is 3.99. The van der Waals surface area contributed by atoms with Gasteiger partial charge in [-0.3, -0.25) is 14.4 Å². The minimum absolute atomic E-state index is 0.000661. The zero-order valence-electron chi connectivity index (χ0n) is 21.5. The van der Waals surface area contributed by atoms with E-state index in [0.717, 1.165) is 20.0 Å². The largest absolute Gasteiger partial charge is 0.439 e. The van der Waals surface area contributed by atoms with Crippen LogP contribution in [0.1, 0.15) is 34.1 Å². The Balaban J connectivity index is 1.89. The molecule has 0 saturated heterocycles. The molecule has 0 aliphatic rings. The molecule has 0 spiro atoms. The predicted molar refractivity (Wildman–Crippen MR) is 142 cm³/mol. The Hall–Kier alpha value is -3.38. The number of aliphatic hydroxyl groups excluding tert-OH is 1. The van der Waals surface area contributed by atoms with Gasteiger partial charge in [0, 0.05) is 14.0 Å². The topological polar surface area (TPSA) is 107 Å². The molecule has 2 aromatic carbocycles. The minimum Gasteiger partial charge on any atom is -0.439 e. The number of pyridine rings is 1. The normalized spacial score (nSPS) is 13.0. The molecule has 1 amide bonds. The van der Waals surface area contributed by atoms with Crippen LogP contribution >= 0.6 is 23.2 Å². The van der Waals surface area contributed by atoms with Crippen molar-refractivity contribution in [2.24, 2.45) is 7.05 Å². The number of halogens is 5. The molecular formula is C27H25Cl2F3N2O6. The summed E-state index contributed by atoms with van der Waals surface area (Å²) in [6.07, 6.45) is -6.32. The lowest BCUT2D eigenvalue weighted by molar-refractivity contribution is -0.189. The molecule has 40 heavy (non-hydrogen) atoms. The minimum atomic E-state index is -4.69. The van der Waals surface area contributed by atoms with Gasteiger partial charge in [0.15, 0.2) is 13.1 Å². The predicted octanol–water partition coefficient (Wildman–Crippen LogP) is 4.88. The second-order valence-electron chi connectivity index (χ2n) is 8.84. The number of benzene rings is 2. The van der Waals surface area contributed by atoms with Crippen LogP contribution in [-0.4, -0.2) is 40.7 Å². The summed E-state index contributed by atoms with van der Waals surface area (Å²) in [6, 6.07) is 10.6. The van der Waals surface area contributed by atoms with Gasteiger partial charge in [-0.25, -0.2) is 0 Å². The number of rotatable bonds is 9. The van der Waals surface area contributed by atoms with E-state index in [-0.39, 0.29) is 33.2 Å². The number of aromatic nitrogens is 1. The van der Waals surface area contributed by atoms with Crippen LogP contribution in [0.2, 0.25) is 10.0 Å². The zero-order valence-corrected chi connectivity index (χ0v) is 23.0. The summed E-state index contributed by atoms with van der Waals surface area (Å²) in [5.41, 5.74) is -0.691. The third-order valence-electron chi connectivity index (χ3n) is 5.97. The van der Waals surface area contributed by atoms with Gasteiger partial charge in [-0.1, -0.05) is 53.5 Å². The molecule has 2 atom stereocenters. The lowest BCUT2D eigenvalue weighted by Crippen LogP contribution is -2.46. The number of amides is 1.